The molecule has 1 aliphatic rings. The van der Waals surface area contributed by atoms with Crippen molar-refractivity contribution >= 4 is 21.9 Å². The average Bonchev–Trinajstić information content (AvgIpc) is 2.58. The second-order valence-corrected chi connectivity index (χ2v) is 7.12. The highest BCUT2D eigenvalue weighted by molar-refractivity contribution is 7.89. The summed E-state index contributed by atoms with van der Waals surface area (Å²) in [6.45, 7) is -0.123. The Hall–Kier alpha value is -2.19. The van der Waals surface area contributed by atoms with E-state index < -0.39 is 15.9 Å². The molecule has 0 spiro atoms. The maximum absolute atomic E-state index is 11.8. The Bertz CT molecular complexity index is 725. The first-order valence-electron chi connectivity index (χ1n) is 7.56. The van der Waals surface area contributed by atoms with Crippen LogP contribution >= 0.6 is 0 Å². The van der Waals surface area contributed by atoms with Gasteiger partial charge in [0.1, 0.15) is 0 Å². The van der Waals surface area contributed by atoms with Crippen LogP contribution in [0.4, 0.5) is 0 Å². The quantitative estimate of drug-likeness (QED) is 0.582. The topological polar surface area (TPSA) is 116 Å². The van der Waals surface area contributed by atoms with Crippen molar-refractivity contribution in [2.45, 2.75) is 30.7 Å². The van der Waals surface area contributed by atoms with E-state index in [9.17, 15) is 18.0 Å². The van der Waals surface area contributed by atoms with Crippen molar-refractivity contribution in [2.24, 2.45) is 11.1 Å². The van der Waals surface area contributed by atoms with E-state index in [1.54, 1.807) is 12.1 Å². The summed E-state index contributed by atoms with van der Waals surface area (Å²) in [5.74, 6) is -0.939. The van der Waals surface area contributed by atoms with E-state index in [2.05, 4.69) is 5.32 Å². The molecule has 0 bridgehead atoms. The minimum Gasteiger partial charge on any atom is -0.455 e. The molecule has 0 saturated heterocycles. The van der Waals surface area contributed by atoms with E-state index >= 15 is 0 Å². The Balaban J connectivity index is 1.75. The molecule has 2 rings (SSSR count). The third kappa shape index (κ3) is 5.47. The number of rotatable bonds is 6. The Morgan fingerprint density at radius 1 is 1.21 bits per heavy atom. The largest absolute Gasteiger partial charge is 0.455 e. The molecule has 0 unspecified atom stereocenters. The molecule has 1 aliphatic carbocycles. The van der Waals surface area contributed by atoms with Gasteiger partial charge in [0, 0.05) is 6.54 Å². The second kappa shape index (κ2) is 8.07. The Kier molecular flexibility index (Phi) is 6.10. The number of hydrogen-bond donors (Lipinski definition) is 2. The number of amides is 1. The van der Waals surface area contributed by atoms with Crippen LogP contribution in [0.3, 0.4) is 0 Å². The molecule has 1 amide bonds. The fourth-order valence-electron chi connectivity index (χ4n) is 2.31. The van der Waals surface area contributed by atoms with Crippen LogP contribution in [0.5, 0.6) is 0 Å². The van der Waals surface area contributed by atoms with E-state index in [4.69, 9.17) is 9.88 Å². The van der Waals surface area contributed by atoms with Crippen molar-refractivity contribution in [3.8, 4) is 0 Å². The van der Waals surface area contributed by atoms with Gasteiger partial charge in [-0.05, 0) is 37.0 Å². The SMILES string of the molecule is NS(=O)(=O)c1ccc(CNC(=O)COC(=O)[C@H]2CC=CCC2)cc1. The lowest BCUT2D eigenvalue weighted by atomic mass is 9.95. The van der Waals surface area contributed by atoms with Crippen LogP contribution in [-0.4, -0.2) is 26.9 Å². The summed E-state index contributed by atoms with van der Waals surface area (Å²) >= 11 is 0. The first-order valence-corrected chi connectivity index (χ1v) is 9.11. The molecule has 0 saturated carbocycles. The predicted octanol–water partition coefficient (Wildman–Crippen LogP) is 0.850. The molecule has 1 atom stereocenters. The Morgan fingerprint density at radius 3 is 2.50 bits per heavy atom. The molecule has 3 N–H and O–H groups in total. The molecular formula is C16H20N2O5S. The van der Waals surface area contributed by atoms with Crippen LogP contribution in [0.15, 0.2) is 41.3 Å². The summed E-state index contributed by atoms with van der Waals surface area (Å²) in [4.78, 5) is 23.5. The molecule has 0 fully saturated rings. The van der Waals surface area contributed by atoms with Gasteiger partial charge in [-0.1, -0.05) is 24.3 Å². The van der Waals surface area contributed by atoms with Gasteiger partial charge in [0.15, 0.2) is 6.61 Å². The second-order valence-electron chi connectivity index (χ2n) is 5.55. The zero-order chi connectivity index (χ0) is 17.6. The maximum atomic E-state index is 11.8. The smallest absolute Gasteiger partial charge is 0.309 e. The first-order chi connectivity index (χ1) is 11.4. The average molecular weight is 352 g/mol. The number of nitrogens with one attached hydrogen (secondary N) is 1. The summed E-state index contributed by atoms with van der Waals surface area (Å²) in [5, 5.41) is 7.61. The van der Waals surface area contributed by atoms with E-state index in [0.29, 0.717) is 12.0 Å². The van der Waals surface area contributed by atoms with Gasteiger partial charge in [-0.25, -0.2) is 13.6 Å². The number of carbonyl (C=O) groups is 2. The predicted molar refractivity (Wildman–Crippen MR) is 87.1 cm³/mol. The number of hydrogen-bond acceptors (Lipinski definition) is 5. The van der Waals surface area contributed by atoms with Gasteiger partial charge in [-0.15, -0.1) is 0 Å². The summed E-state index contributed by atoms with van der Waals surface area (Å²) < 4.78 is 27.3. The lowest BCUT2D eigenvalue weighted by Gasteiger charge is -2.16. The highest BCUT2D eigenvalue weighted by atomic mass is 32.2. The van der Waals surface area contributed by atoms with Crippen molar-refractivity contribution in [3.05, 3.63) is 42.0 Å². The van der Waals surface area contributed by atoms with Gasteiger partial charge in [0.2, 0.25) is 10.0 Å². The molecular weight excluding hydrogens is 332 g/mol. The van der Waals surface area contributed by atoms with Gasteiger partial charge in [0.05, 0.1) is 10.8 Å². The molecule has 1 aromatic carbocycles. The van der Waals surface area contributed by atoms with Gasteiger partial charge < -0.3 is 10.1 Å². The van der Waals surface area contributed by atoms with Gasteiger partial charge in [0.25, 0.3) is 5.91 Å². The Morgan fingerprint density at radius 2 is 1.92 bits per heavy atom. The van der Waals surface area contributed by atoms with Crippen molar-refractivity contribution in [1.29, 1.82) is 0 Å². The van der Waals surface area contributed by atoms with Crippen molar-refractivity contribution < 1.29 is 22.7 Å². The lowest BCUT2D eigenvalue weighted by molar-refractivity contribution is -0.152. The van der Waals surface area contributed by atoms with Gasteiger partial charge in [-0.3, -0.25) is 9.59 Å². The highest BCUT2D eigenvalue weighted by Crippen LogP contribution is 2.19. The summed E-state index contributed by atoms with van der Waals surface area (Å²) in [7, 11) is -3.73. The number of ether oxygens (including phenoxy) is 1. The third-order valence-electron chi connectivity index (χ3n) is 3.69. The number of allylic oxidation sites excluding steroid dienone is 2. The van der Waals surface area contributed by atoms with Crippen molar-refractivity contribution in [1.82, 2.24) is 5.32 Å². The minimum atomic E-state index is -3.73. The molecule has 0 radical (unpaired) electrons. The standard InChI is InChI=1S/C16H20N2O5S/c17-24(21,22)14-8-6-12(7-9-14)10-18-15(19)11-23-16(20)13-4-2-1-3-5-13/h1-2,6-9,13H,3-5,10-11H2,(H,18,19)(H2,17,21,22)/t13-/m0/s1. The normalized spacial score (nSPS) is 17.3. The number of sulfonamides is 1. The number of esters is 1. The molecule has 7 nitrogen and oxygen atoms in total. The van der Waals surface area contributed by atoms with Gasteiger partial charge >= 0.3 is 5.97 Å². The number of benzene rings is 1. The highest BCUT2D eigenvalue weighted by Gasteiger charge is 2.20. The summed E-state index contributed by atoms with van der Waals surface area (Å²) in [6, 6.07) is 5.85. The summed E-state index contributed by atoms with van der Waals surface area (Å²) in [6.07, 6.45) is 6.21. The van der Waals surface area contributed by atoms with Crippen LogP contribution in [0.2, 0.25) is 0 Å². The van der Waals surface area contributed by atoms with Crippen LogP contribution in [0.1, 0.15) is 24.8 Å². The zero-order valence-electron chi connectivity index (χ0n) is 13.1. The number of nitrogens with two attached hydrogens (primary N) is 1. The van der Waals surface area contributed by atoms with Crippen LogP contribution < -0.4 is 10.5 Å². The Labute approximate surface area is 140 Å². The fourth-order valence-corrected chi connectivity index (χ4v) is 2.83. The number of carbonyl (C=O) groups excluding carboxylic acids is 2. The molecule has 130 valence electrons. The first kappa shape index (κ1) is 18.2. The summed E-state index contributed by atoms with van der Waals surface area (Å²) in [5.41, 5.74) is 0.708. The van der Waals surface area contributed by atoms with Crippen molar-refractivity contribution in [3.63, 3.8) is 0 Å². The van der Waals surface area contributed by atoms with E-state index in [-0.39, 0.29) is 29.9 Å². The number of primary sulfonamides is 1. The molecule has 8 heteroatoms. The molecule has 0 heterocycles. The van der Waals surface area contributed by atoms with E-state index in [1.807, 2.05) is 12.2 Å². The molecule has 0 aromatic heterocycles. The third-order valence-corrected chi connectivity index (χ3v) is 4.62. The van der Waals surface area contributed by atoms with Crippen LogP contribution in [0, 0.1) is 5.92 Å². The van der Waals surface area contributed by atoms with E-state index in [1.165, 1.54) is 12.1 Å². The van der Waals surface area contributed by atoms with Crippen LogP contribution in [0.25, 0.3) is 0 Å². The lowest BCUT2D eigenvalue weighted by Crippen LogP contribution is -2.30. The zero-order valence-corrected chi connectivity index (χ0v) is 13.9. The van der Waals surface area contributed by atoms with Gasteiger partial charge in [-0.2, -0.15) is 0 Å². The van der Waals surface area contributed by atoms with Crippen LogP contribution in [-0.2, 0) is 30.9 Å². The van der Waals surface area contributed by atoms with E-state index in [0.717, 1.165) is 12.8 Å². The fraction of sp³-hybridized carbons (Fsp3) is 0.375. The van der Waals surface area contributed by atoms with Crippen molar-refractivity contribution in [2.75, 3.05) is 6.61 Å². The maximum Gasteiger partial charge on any atom is 0.309 e. The molecule has 0 aliphatic heterocycles. The molecule has 24 heavy (non-hydrogen) atoms. The monoisotopic (exact) mass is 352 g/mol. The minimum absolute atomic E-state index is 0.00744. The molecule has 1 aromatic rings.